The highest BCUT2D eigenvalue weighted by Crippen LogP contribution is 2.46. The molecule has 1 saturated carbocycles. The van der Waals surface area contributed by atoms with Gasteiger partial charge in [0.25, 0.3) is 0 Å². The van der Waals surface area contributed by atoms with Crippen molar-refractivity contribution in [3.63, 3.8) is 0 Å². The van der Waals surface area contributed by atoms with E-state index < -0.39 is 0 Å². The van der Waals surface area contributed by atoms with E-state index in [2.05, 4.69) is 46.9 Å². The maximum absolute atomic E-state index is 11.5. The van der Waals surface area contributed by atoms with E-state index in [1.807, 2.05) is 38.1 Å². The average Bonchev–Trinajstić information content (AvgIpc) is 3.74. The lowest BCUT2D eigenvalue weighted by molar-refractivity contribution is -0.134. The van der Waals surface area contributed by atoms with Crippen molar-refractivity contribution in [1.82, 2.24) is 0 Å². The topological polar surface area (TPSA) is 49.8 Å². The zero-order valence-electron chi connectivity index (χ0n) is 21.4. The monoisotopic (exact) mass is 503 g/mol. The SMILES string of the molecule is CC.COC(=O)/C=C/c1ccc(C2c3ccc(O)cc3CC(C)N2c2ccc(C3CC3)cc2Cl)cc1. The van der Waals surface area contributed by atoms with E-state index in [9.17, 15) is 9.90 Å². The van der Waals surface area contributed by atoms with Crippen molar-refractivity contribution < 1.29 is 14.6 Å². The predicted molar refractivity (Wildman–Crippen MR) is 148 cm³/mol. The molecular formula is C31H34ClNO3. The maximum Gasteiger partial charge on any atom is 0.330 e. The van der Waals surface area contributed by atoms with Crippen LogP contribution in [0.25, 0.3) is 6.08 Å². The number of halogens is 1. The molecule has 2 atom stereocenters. The summed E-state index contributed by atoms with van der Waals surface area (Å²) in [6.45, 7) is 6.21. The van der Waals surface area contributed by atoms with E-state index in [1.54, 1.807) is 12.1 Å². The van der Waals surface area contributed by atoms with Gasteiger partial charge in [-0.2, -0.15) is 0 Å². The van der Waals surface area contributed by atoms with Gasteiger partial charge < -0.3 is 14.7 Å². The molecule has 1 heterocycles. The van der Waals surface area contributed by atoms with Gasteiger partial charge in [0.05, 0.1) is 23.9 Å². The number of anilines is 1. The van der Waals surface area contributed by atoms with E-state index >= 15 is 0 Å². The summed E-state index contributed by atoms with van der Waals surface area (Å²) >= 11 is 6.88. The number of fused-ring (bicyclic) bond motifs is 1. The van der Waals surface area contributed by atoms with Crippen LogP contribution >= 0.6 is 11.6 Å². The second kappa shape index (κ2) is 11.2. The summed E-state index contributed by atoms with van der Waals surface area (Å²) in [5.41, 5.74) is 6.70. The van der Waals surface area contributed by atoms with Crippen LogP contribution in [0.15, 0.2) is 66.7 Å². The summed E-state index contributed by atoms with van der Waals surface area (Å²) in [6, 6.07) is 20.5. The Morgan fingerprint density at radius 1 is 1.03 bits per heavy atom. The number of ether oxygens (including phenoxy) is 1. The third-order valence-corrected chi connectivity index (χ3v) is 7.16. The van der Waals surface area contributed by atoms with Gasteiger partial charge in [-0.05, 0) is 90.3 Å². The van der Waals surface area contributed by atoms with Crippen molar-refractivity contribution >= 4 is 29.3 Å². The summed E-state index contributed by atoms with van der Waals surface area (Å²) in [7, 11) is 1.37. The van der Waals surface area contributed by atoms with Crippen LogP contribution in [0.5, 0.6) is 5.75 Å². The average molecular weight is 504 g/mol. The molecule has 1 N–H and O–H groups in total. The zero-order chi connectivity index (χ0) is 25.8. The van der Waals surface area contributed by atoms with E-state index in [0.29, 0.717) is 5.92 Å². The van der Waals surface area contributed by atoms with Gasteiger partial charge in [-0.1, -0.05) is 61.8 Å². The molecule has 5 rings (SSSR count). The Morgan fingerprint density at radius 3 is 2.36 bits per heavy atom. The molecule has 1 fully saturated rings. The van der Waals surface area contributed by atoms with Crippen LogP contribution in [0.1, 0.15) is 73.4 Å². The molecule has 0 amide bonds. The van der Waals surface area contributed by atoms with Crippen LogP contribution in [0, 0.1) is 0 Å². The molecule has 2 unspecified atom stereocenters. The standard InChI is InChI=1S/C29H28ClNO3.C2H6/c1-18-15-23-16-24(32)11-12-25(23)29(21-6-3-19(4-7-21)5-14-28(33)34-2)31(18)27-13-10-22(17-26(27)30)20-8-9-20;1-2/h3-7,10-14,16-18,20,29,32H,8-9,15H2,1-2H3;1-2H3/b14-5+;. The molecular weight excluding hydrogens is 470 g/mol. The highest BCUT2D eigenvalue weighted by Gasteiger charge is 2.35. The highest BCUT2D eigenvalue weighted by atomic mass is 35.5. The number of hydrogen-bond donors (Lipinski definition) is 1. The molecule has 4 nitrogen and oxygen atoms in total. The minimum atomic E-state index is -0.380. The van der Waals surface area contributed by atoms with Crippen molar-refractivity contribution in [1.29, 1.82) is 0 Å². The van der Waals surface area contributed by atoms with Crippen molar-refractivity contribution in [2.75, 3.05) is 12.0 Å². The summed E-state index contributed by atoms with van der Waals surface area (Å²) in [6.07, 6.45) is 6.47. The van der Waals surface area contributed by atoms with Crippen molar-refractivity contribution in [3.05, 3.63) is 99.6 Å². The van der Waals surface area contributed by atoms with E-state index in [1.165, 1.54) is 31.6 Å². The molecule has 36 heavy (non-hydrogen) atoms. The molecule has 0 aromatic heterocycles. The van der Waals surface area contributed by atoms with Crippen LogP contribution in [0.3, 0.4) is 0 Å². The number of methoxy groups -OCH3 is 1. The number of benzene rings is 3. The Morgan fingerprint density at radius 2 is 1.72 bits per heavy atom. The largest absolute Gasteiger partial charge is 0.508 e. The van der Waals surface area contributed by atoms with Crippen LogP contribution in [0.2, 0.25) is 5.02 Å². The molecule has 3 aromatic carbocycles. The van der Waals surface area contributed by atoms with Gasteiger partial charge >= 0.3 is 5.97 Å². The number of carbonyl (C=O) groups excluding carboxylic acids is 1. The molecule has 0 bridgehead atoms. The fourth-order valence-electron chi connectivity index (χ4n) is 5.00. The van der Waals surface area contributed by atoms with Gasteiger partial charge in [0.2, 0.25) is 0 Å². The molecule has 1 aliphatic heterocycles. The molecule has 2 aliphatic rings. The molecule has 5 heteroatoms. The first-order valence-electron chi connectivity index (χ1n) is 12.7. The van der Waals surface area contributed by atoms with Crippen molar-refractivity contribution in [2.24, 2.45) is 0 Å². The lowest BCUT2D eigenvalue weighted by atomic mass is 9.84. The van der Waals surface area contributed by atoms with Crippen molar-refractivity contribution in [3.8, 4) is 5.75 Å². The van der Waals surface area contributed by atoms with Crippen molar-refractivity contribution in [2.45, 2.75) is 58.0 Å². The van der Waals surface area contributed by atoms with E-state index in [0.717, 1.165) is 39.4 Å². The third kappa shape index (κ3) is 5.44. The third-order valence-electron chi connectivity index (χ3n) is 6.85. The maximum atomic E-state index is 11.5. The predicted octanol–water partition coefficient (Wildman–Crippen LogP) is 7.68. The highest BCUT2D eigenvalue weighted by molar-refractivity contribution is 6.33. The molecule has 0 saturated heterocycles. The fraction of sp³-hybridized carbons (Fsp3) is 0.323. The number of aromatic hydroxyl groups is 1. The molecule has 0 spiro atoms. The van der Waals surface area contributed by atoms with Gasteiger partial charge in [-0.3, -0.25) is 0 Å². The normalized spacial score (nSPS) is 18.9. The number of phenols is 1. The quantitative estimate of drug-likeness (QED) is 0.286. The number of carbonyl (C=O) groups is 1. The minimum Gasteiger partial charge on any atom is -0.508 e. The summed E-state index contributed by atoms with van der Waals surface area (Å²) in [5, 5.41) is 10.9. The number of nitrogens with zero attached hydrogens (tertiary/aromatic N) is 1. The van der Waals surface area contributed by atoms with Crippen LogP contribution in [-0.4, -0.2) is 24.2 Å². The summed E-state index contributed by atoms with van der Waals surface area (Å²) < 4.78 is 4.69. The fourth-order valence-corrected chi connectivity index (χ4v) is 5.28. The first-order valence-corrected chi connectivity index (χ1v) is 13.1. The smallest absolute Gasteiger partial charge is 0.330 e. The molecule has 0 radical (unpaired) electrons. The van der Waals surface area contributed by atoms with Crippen LogP contribution in [0.4, 0.5) is 5.69 Å². The number of hydrogen-bond acceptors (Lipinski definition) is 4. The first-order chi connectivity index (χ1) is 17.4. The number of esters is 1. The van der Waals surface area contributed by atoms with Gasteiger partial charge in [-0.25, -0.2) is 4.79 Å². The zero-order valence-corrected chi connectivity index (χ0v) is 22.1. The van der Waals surface area contributed by atoms with E-state index in [-0.39, 0.29) is 23.8 Å². The summed E-state index contributed by atoms with van der Waals surface area (Å²) in [4.78, 5) is 13.9. The molecule has 1 aliphatic carbocycles. The van der Waals surface area contributed by atoms with Gasteiger partial charge in [0.1, 0.15) is 5.75 Å². The minimum absolute atomic E-state index is 0.0535. The van der Waals surface area contributed by atoms with E-state index in [4.69, 9.17) is 11.6 Å². The Bertz CT molecular complexity index is 1250. The summed E-state index contributed by atoms with van der Waals surface area (Å²) in [5.74, 6) is 0.554. The molecule has 3 aromatic rings. The number of rotatable bonds is 5. The second-order valence-electron chi connectivity index (χ2n) is 9.25. The van der Waals surface area contributed by atoms with Gasteiger partial charge in [0.15, 0.2) is 0 Å². The van der Waals surface area contributed by atoms with Gasteiger partial charge in [0, 0.05) is 12.1 Å². The second-order valence-corrected chi connectivity index (χ2v) is 9.66. The lowest BCUT2D eigenvalue weighted by Crippen LogP contribution is -2.43. The lowest BCUT2D eigenvalue weighted by Gasteiger charge is -2.44. The van der Waals surface area contributed by atoms with Gasteiger partial charge in [-0.15, -0.1) is 0 Å². The Balaban J connectivity index is 0.00000148. The first kappa shape index (κ1) is 25.8. The Labute approximate surface area is 219 Å². The Kier molecular flexibility index (Phi) is 8.05. The van der Waals surface area contributed by atoms with Crippen LogP contribution < -0.4 is 4.90 Å². The van der Waals surface area contributed by atoms with Crippen LogP contribution in [-0.2, 0) is 16.0 Å². The number of phenolic OH excluding ortho intramolecular Hbond substituents is 1. The molecule has 188 valence electrons. The Hall–Kier alpha value is -3.24.